The summed E-state index contributed by atoms with van der Waals surface area (Å²) in [6.07, 6.45) is 0. The number of nitrogens with zero attached hydrogens (tertiary/aromatic N) is 2. The minimum absolute atomic E-state index is 0.674. The predicted molar refractivity (Wildman–Crippen MR) is 123 cm³/mol. The normalized spacial score (nSPS) is 11.1. The maximum atomic E-state index is 6.97. The van der Waals surface area contributed by atoms with Crippen molar-refractivity contribution in [2.75, 3.05) is 0 Å². The fourth-order valence-corrected chi connectivity index (χ4v) is 3.90. The van der Waals surface area contributed by atoms with Crippen LogP contribution in [0.1, 0.15) is 27.8 Å². The molecule has 0 aliphatic carbocycles. The van der Waals surface area contributed by atoms with Crippen LogP contribution < -0.4 is 0 Å². The second kappa shape index (κ2) is 7.88. The molecule has 0 spiro atoms. The van der Waals surface area contributed by atoms with Gasteiger partial charge in [-0.15, -0.1) is 0 Å². The Morgan fingerprint density at radius 3 is 1.93 bits per heavy atom. The molecule has 0 unspecified atom stereocenters. The number of hydrogen-bond donors (Lipinski definition) is 0. The first-order valence-electron chi connectivity index (χ1n) is 9.89. The van der Waals surface area contributed by atoms with Crippen molar-refractivity contribution in [1.29, 1.82) is 0 Å². The lowest BCUT2D eigenvalue weighted by molar-refractivity contribution is 0.697. The van der Waals surface area contributed by atoms with Crippen molar-refractivity contribution >= 4 is 11.6 Å². The van der Waals surface area contributed by atoms with Crippen LogP contribution in [0.3, 0.4) is 0 Å². The second-order valence-corrected chi connectivity index (χ2v) is 8.13. The smallest absolute Gasteiger partial charge is 0.112 e. The number of rotatable bonds is 4. The molecule has 1 heterocycles. The average Bonchev–Trinajstić information content (AvgIpc) is 3.03. The van der Waals surface area contributed by atoms with Gasteiger partial charge in [0.05, 0.1) is 17.3 Å². The largest absolute Gasteiger partial charge is 0.258 e. The minimum Gasteiger partial charge on any atom is -0.258 e. The van der Waals surface area contributed by atoms with Gasteiger partial charge in [-0.05, 0) is 67.6 Å². The van der Waals surface area contributed by atoms with Crippen LogP contribution in [0.5, 0.6) is 0 Å². The van der Waals surface area contributed by atoms with E-state index in [4.69, 9.17) is 16.7 Å². The van der Waals surface area contributed by atoms with E-state index in [0.29, 0.717) is 11.6 Å². The molecule has 0 amide bonds. The SMILES string of the molecule is Cc1ccc(-c2nn(Cc3ccccc3)c(-c3ccc(C)c(C)c3)c2Cl)cc1C. The quantitative estimate of drug-likeness (QED) is 0.355. The van der Waals surface area contributed by atoms with Gasteiger partial charge in [-0.25, -0.2) is 0 Å². The zero-order chi connectivity index (χ0) is 20.5. The number of halogens is 1. The monoisotopic (exact) mass is 400 g/mol. The Kier molecular flexibility index (Phi) is 5.29. The van der Waals surface area contributed by atoms with Crippen molar-refractivity contribution < 1.29 is 0 Å². The van der Waals surface area contributed by atoms with Crippen LogP contribution in [0.25, 0.3) is 22.5 Å². The average molecular weight is 401 g/mol. The zero-order valence-electron chi connectivity index (χ0n) is 17.3. The molecule has 3 heteroatoms. The number of aryl methyl sites for hydroxylation is 4. The first kappa shape index (κ1) is 19.5. The van der Waals surface area contributed by atoms with Crippen LogP contribution in [0.4, 0.5) is 0 Å². The standard InChI is InChI=1S/C26H25ClN2/c1-17-10-12-22(14-19(17)3)25-24(27)26(23-13-11-18(2)20(4)15-23)29(28-25)16-21-8-6-5-7-9-21/h5-15H,16H2,1-4H3. The van der Waals surface area contributed by atoms with Crippen molar-refractivity contribution in [2.24, 2.45) is 0 Å². The third-order valence-corrected chi connectivity index (χ3v) is 5.99. The van der Waals surface area contributed by atoms with Crippen molar-refractivity contribution in [3.8, 4) is 22.5 Å². The van der Waals surface area contributed by atoms with Crippen LogP contribution in [0.15, 0.2) is 66.7 Å². The van der Waals surface area contributed by atoms with E-state index in [9.17, 15) is 0 Å². The van der Waals surface area contributed by atoms with Gasteiger partial charge in [0.25, 0.3) is 0 Å². The number of hydrogen-bond acceptors (Lipinski definition) is 1. The summed E-state index contributed by atoms with van der Waals surface area (Å²) in [6.45, 7) is 9.18. The van der Waals surface area contributed by atoms with Crippen LogP contribution in [0.2, 0.25) is 5.02 Å². The van der Waals surface area contributed by atoms with Gasteiger partial charge >= 0.3 is 0 Å². The highest BCUT2D eigenvalue weighted by Gasteiger charge is 2.20. The van der Waals surface area contributed by atoms with Crippen molar-refractivity contribution in [3.63, 3.8) is 0 Å². The number of benzene rings is 3. The fourth-order valence-electron chi connectivity index (χ4n) is 3.55. The van der Waals surface area contributed by atoms with Gasteiger partial charge in [-0.2, -0.15) is 5.10 Å². The second-order valence-electron chi connectivity index (χ2n) is 7.75. The molecule has 0 fully saturated rings. The van der Waals surface area contributed by atoms with Crippen molar-refractivity contribution in [2.45, 2.75) is 34.2 Å². The maximum Gasteiger partial charge on any atom is 0.112 e. The van der Waals surface area contributed by atoms with E-state index in [2.05, 4.69) is 88.4 Å². The lowest BCUT2D eigenvalue weighted by Gasteiger charge is -2.10. The summed E-state index contributed by atoms with van der Waals surface area (Å²) in [5, 5.41) is 5.66. The Labute approximate surface area is 177 Å². The zero-order valence-corrected chi connectivity index (χ0v) is 18.1. The summed E-state index contributed by atoms with van der Waals surface area (Å²) in [5.74, 6) is 0. The Hall–Kier alpha value is -2.84. The van der Waals surface area contributed by atoms with E-state index < -0.39 is 0 Å². The van der Waals surface area contributed by atoms with Gasteiger partial charge in [0.1, 0.15) is 5.69 Å². The molecule has 0 saturated heterocycles. The predicted octanol–water partition coefficient (Wildman–Crippen LogP) is 7.15. The highest BCUT2D eigenvalue weighted by Crippen LogP contribution is 2.37. The summed E-state index contributed by atoms with van der Waals surface area (Å²) in [6, 6.07) is 23.3. The fraction of sp³-hybridized carbons (Fsp3) is 0.192. The van der Waals surface area contributed by atoms with E-state index in [-0.39, 0.29) is 0 Å². The van der Waals surface area contributed by atoms with Crippen LogP contribution >= 0.6 is 11.6 Å². The van der Waals surface area contributed by atoms with Gasteiger partial charge in [0.15, 0.2) is 0 Å². The van der Waals surface area contributed by atoms with Gasteiger partial charge in [-0.3, -0.25) is 4.68 Å². The highest BCUT2D eigenvalue weighted by molar-refractivity contribution is 6.35. The molecule has 0 atom stereocenters. The number of aromatic nitrogens is 2. The summed E-state index contributed by atoms with van der Waals surface area (Å²) in [7, 11) is 0. The summed E-state index contributed by atoms with van der Waals surface area (Å²) < 4.78 is 2.03. The molecule has 1 aromatic heterocycles. The molecular formula is C26H25ClN2. The maximum absolute atomic E-state index is 6.97. The molecule has 146 valence electrons. The first-order chi connectivity index (χ1) is 13.9. The Balaban J connectivity index is 1.90. The Morgan fingerprint density at radius 1 is 0.724 bits per heavy atom. The summed E-state index contributed by atoms with van der Waals surface area (Å²) in [4.78, 5) is 0. The van der Waals surface area contributed by atoms with Crippen LogP contribution in [-0.4, -0.2) is 9.78 Å². The van der Waals surface area contributed by atoms with E-state index in [0.717, 1.165) is 22.5 Å². The third kappa shape index (κ3) is 3.86. The molecule has 29 heavy (non-hydrogen) atoms. The first-order valence-corrected chi connectivity index (χ1v) is 10.3. The minimum atomic E-state index is 0.674. The van der Waals surface area contributed by atoms with Gasteiger partial charge in [0, 0.05) is 11.1 Å². The van der Waals surface area contributed by atoms with Crippen molar-refractivity contribution in [1.82, 2.24) is 9.78 Å². The van der Waals surface area contributed by atoms with Gasteiger partial charge in [0.2, 0.25) is 0 Å². The van der Waals surface area contributed by atoms with Gasteiger partial charge < -0.3 is 0 Å². The Morgan fingerprint density at radius 2 is 1.31 bits per heavy atom. The molecule has 3 aromatic carbocycles. The van der Waals surface area contributed by atoms with E-state index in [1.807, 2.05) is 10.7 Å². The van der Waals surface area contributed by atoms with E-state index >= 15 is 0 Å². The van der Waals surface area contributed by atoms with Crippen molar-refractivity contribution in [3.05, 3.63) is 99.6 Å². The molecule has 4 rings (SSSR count). The molecular weight excluding hydrogens is 376 g/mol. The van der Waals surface area contributed by atoms with E-state index in [1.165, 1.54) is 27.8 Å². The van der Waals surface area contributed by atoms with Gasteiger partial charge in [-0.1, -0.05) is 66.2 Å². The van der Waals surface area contributed by atoms with Crippen LogP contribution in [-0.2, 0) is 6.54 Å². The molecule has 0 aliphatic heterocycles. The molecule has 0 N–H and O–H groups in total. The topological polar surface area (TPSA) is 17.8 Å². The molecule has 2 nitrogen and oxygen atoms in total. The highest BCUT2D eigenvalue weighted by atomic mass is 35.5. The third-order valence-electron chi connectivity index (χ3n) is 5.63. The van der Waals surface area contributed by atoms with E-state index in [1.54, 1.807) is 0 Å². The molecule has 0 bridgehead atoms. The van der Waals surface area contributed by atoms with Crippen LogP contribution in [0, 0.1) is 27.7 Å². The molecule has 0 radical (unpaired) electrons. The molecule has 4 aromatic rings. The molecule has 0 saturated carbocycles. The summed E-state index contributed by atoms with van der Waals surface area (Å²) in [5.41, 5.74) is 10.2. The Bertz CT molecular complexity index is 1170. The lowest BCUT2D eigenvalue weighted by atomic mass is 10.0. The molecule has 0 aliphatic rings. The summed E-state index contributed by atoms with van der Waals surface area (Å²) >= 11 is 6.97. The lowest BCUT2D eigenvalue weighted by Crippen LogP contribution is -2.04.